The first kappa shape index (κ1) is 41.0. The van der Waals surface area contributed by atoms with E-state index < -0.39 is 0 Å². The zero-order valence-corrected chi connectivity index (χ0v) is 36.4. The van der Waals surface area contributed by atoms with E-state index in [0.29, 0.717) is 57.2 Å². The van der Waals surface area contributed by atoms with Crippen LogP contribution in [-0.4, -0.2) is 29.9 Å². The minimum atomic E-state index is 0.448. The first-order chi connectivity index (χ1) is 33.6. The van der Waals surface area contributed by atoms with E-state index >= 15 is 0 Å². The molecule has 0 saturated heterocycles. The number of benzene rings is 9. The highest BCUT2D eigenvalue weighted by Crippen LogP contribution is 2.41. The number of fused-ring (bicyclic) bond motifs is 1. The van der Waals surface area contributed by atoms with Crippen molar-refractivity contribution in [1.82, 2.24) is 29.9 Å². The highest BCUT2D eigenvalue weighted by molar-refractivity contribution is 6.08. The monoisotopic (exact) mass is 868 g/mol. The van der Waals surface area contributed by atoms with Gasteiger partial charge in [0.1, 0.15) is 0 Å². The van der Waals surface area contributed by atoms with Gasteiger partial charge in [0.05, 0.1) is 23.3 Å². The predicted octanol–water partition coefficient (Wildman–Crippen LogP) is 14.0. The summed E-state index contributed by atoms with van der Waals surface area (Å²) in [5.41, 5.74) is 11.0. The Hall–Kier alpha value is -9.76. The second kappa shape index (κ2) is 18.0. The van der Waals surface area contributed by atoms with Crippen molar-refractivity contribution in [3.63, 3.8) is 0 Å². The lowest BCUT2D eigenvalue weighted by Crippen LogP contribution is -2.01. The van der Waals surface area contributed by atoms with Gasteiger partial charge in [0.15, 0.2) is 34.9 Å². The van der Waals surface area contributed by atoms with Crippen molar-refractivity contribution >= 4 is 10.8 Å². The fourth-order valence-corrected chi connectivity index (χ4v) is 8.57. The van der Waals surface area contributed by atoms with Gasteiger partial charge in [-0.05, 0) is 51.2 Å². The zero-order valence-electron chi connectivity index (χ0n) is 36.4. The number of rotatable bonds is 9. The maximum Gasteiger partial charge on any atom is 0.164 e. The Bertz CT molecular complexity index is 3690. The molecule has 8 heteroatoms. The molecule has 0 aliphatic heterocycles. The number of hydrogen-bond donors (Lipinski definition) is 0. The van der Waals surface area contributed by atoms with E-state index in [-0.39, 0.29) is 0 Å². The van der Waals surface area contributed by atoms with Crippen molar-refractivity contribution < 1.29 is 0 Å². The fourth-order valence-electron chi connectivity index (χ4n) is 8.57. The molecule has 0 unspecified atom stereocenters. The summed E-state index contributed by atoms with van der Waals surface area (Å²) in [5, 5.41) is 23.5. The Morgan fingerprint density at radius 3 is 0.971 bits per heavy atom. The lowest BCUT2D eigenvalue weighted by Gasteiger charge is -2.16. The summed E-state index contributed by atoms with van der Waals surface area (Å²) in [5.74, 6) is 3.04. The molecule has 2 heterocycles. The fraction of sp³-hybridized carbons (Fsp3) is 0. The molecule has 9 aromatic carbocycles. The molecule has 0 aliphatic rings. The van der Waals surface area contributed by atoms with Gasteiger partial charge in [-0.2, -0.15) is 10.5 Å². The number of hydrogen-bond acceptors (Lipinski definition) is 8. The number of nitrogens with zero attached hydrogens (tertiary/aromatic N) is 8. The van der Waals surface area contributed by atoms with Crippen molar-refractivity contribution in [3.8, 4) is 114 Å². The Balaban J connectivity index is 1.01. The van der Waals surface area contributed by atoms with E-state index in [1.54, 1.807) is 0 Å². The van der Waals surface area contributed by atoms with E-state index in [2.05, 4.69) is 48.5 Å². The van der Waals surface area contributed by atoms with E-state index in [0.717, 1.165) is 66.4 Å². The highest BCUT2D eigenvalue weighted by Gasteiger charge is 2.20. The van der Waals surface area contributed by atoms with Crippen LogP contribution < -0.4 is 0 Å². The van der Waals surface area contributed by atoms with E-state index in [1.165, 1.54) is 0 Å². The van der Waals surface area contributed by atoms with Gasteiger partial charge < -0.3 is 0 Å². The maximum absolute atomic E-state index is 10.9. The third-order valence-corrected chi connectivity index (χ3v) is 11.9. The molecule has 0 bridgehead atoms. The smallest absolute Gasteiger partial charge is 0.164 e. The first-order valence-electron chi connectivity index (χ1n) is 22.1. The molecule has 0 fully saturated rings. The second-order valence-corrected chi connectivity index (χ2v) is 16.1. The van der Waals surface area contributed by atoms with Gasteiger partial charge in [0.25, 0.3) is 0 Å². The zero-order chi connectivity index (χ0) is 45.8. The van der Waals surface area contributed by atoms with Crippen LogP contribution in [0.4, 0.5) is 0 Å². The summed E-state index contributed by atoms with van der Waals surface area (Å²) in [4.78, 5) is 29.6. The molecule has 0 radical (unpaired) electrons. The molecule has 2 aromatic heterocycles. The summed E-state index contributed by atoms with van der Waals surface area (Å²) < 4.78 is 0. The summed E-state index contributed by atoms with van der Waals surface area (Å²) in [6.07, 6.45) is 0. The van der Waals surface area contributed by atoms with Crippen LogP contribution in [0, 0.1) is 22.7 Å². The molecule has 0 amide bonds. The molecular formula is C60H36N8. The molecule has 316 valence electrons. The number of aromatic nitrogens is 6. The van der Waals surface area contributed by atoms with E-state index in [1.807, 2.05) is 182 Å². The predicted molar refractivity (Wildman–Crippen MR) is 269 cm³/mol. The summed E-state index contributed by atoms with van der Waals surface area (Å²) in [6.45, 7) is 0. The molecular weight excluding hydrogens is 833 g/mol. The van der Waals surface area contributed by atoms with Crippen LogP contribution in [0.5, 0.6) is 0 Å². The van der Waals surface area contributed by atoms with Gasteiger partial charge in [-0.3, -0.25) is 0 Å². The third kappa shape index (κ3) is 8.02. The van der Waals surface area contributed by atoms with E-state index in [9.17, 15) is 10.5 Å². The highest BCUT2D eigenvalue weighted by atomic mass is 15.0. The first-order valence-corrected chi connectivity index (χ1v) is 22.1. The SMILES string of the molecule is N#Cc1cc(-c2nc(-c3ccccc3)nc(-c3ccccc3)n2)ccc1-c1cccc2cccc(-c3ccc(-c4nc(-c5ccccc5)nc(-c5cccc(-c6ccccc6)c5)n4)cc3C#N)c12. The summed E-state index contributed by atoms with van der Waals surface area (Å²) in [6, 6.07) is 76.5. The van der Waals surface area contributed by atoms with Gasteiger partial charge in [0, 0.05) is 44.5 Å². The van der Waals surface area contributed by atoms with Crippen molar-refractivity contribution in [2.75, 3.05) is 0 Å². The van der Waals surface area contributed by atoms with Crippen LogP contribution >= 0.6 is 0 Å². The quantitative estimate of drug-likeness (QED) is 0.140. The Kier molecular flexibility index (Phi) is 10.9. The lowest BCUT2D eigenvalue weighted by molar-refractivity contribution is 1.07. The van der Waals surface area contributed by atoms with Crippen LogP contribution in [-0.2, 0) is 0 Å². The van der Waals surface area contributed by atoms with E-state index in [4.69, 9.17) is 29.9 Å². The topological polar surface area (TPSA) is 125 Å². The van der Waals surface area contributed by atoms with Crippen molar-refractivity contribution in [1.29, 1.82) is 10.5 Å². The summed E-state index contributed by atoms with van der Waals surface area (Å²) >= 11 is 0. The molecule has 0 atom stereocenters. The normalized spacial score (nSPS) is 10.9. The molecule has 11 rings (SSSR count). The number of nitriles is 2. The molecule has 0 spiro atoms. The van der Waals surface area contributed by atoms with Crippen LogP contribution in [0.25, 0.3) is 112 Å². The van der Waals surface area contributed by atoms with Crippen LogP contribution in [0.2, 0.25) is 0 Å². The van der Waals surface area contributed by atoms with Crippen molar-refractivity contribution in [3.05, 3.63) is 230 Å². The standard InChI is InChI=1S/C60H36N8/c61-37-48-35-46(59-65-55(41-18-7-2-8-19-41)63-56(66-59)42-20-9-3-10-21-42)30-32-50(48)52-28-14-24-40-25-15-29-53(54(40)52)51-33-31-47(36-49(51)38-62)60-67-57(43-22-11-4-12-23-43)64-58(68-60)45-27-13-26-44(34-45)39-16-5-1-6-17-39/h1-36H. The van der Waals surface area contributed by atoms with Gasteiger partial charge in [0.2, 0.25) is 0 Å². The molecule has 11 aromatic rings. The molecule has 8 nitrogen and oxygen atoms in total. The molecule has 0 saturated carbocycles. The van der Waals surface area contributed by atoms with Crippen molar-refractivity contribution in [2.45, 2.75) is 0 Å². The minimum absolute atomic E-state index is 0.448. The lowest BCUT2D eigenvalue weighted by atomic mass is 9.87. The minimum Gasteiger partial charge on any atom is -0.208 e. The maximum atomic E-state index is 10.9. The Morgan fingerprint density at radius 1 is 0.250 bits per heavy atom. The van der Waals surface area contributed by atoms with Crippen LogP contribution in [0.15, 0.2) is 218 Å². The molecule has 0 N–H and O–H groups in total. The average molecular weight is 869 g/mol. The average Bonchev–Trinajstić information content (AvgIpc) is 3.43. The van der Waals surface area contributed by atoms with Crippen LogP contribution in [0.1, 0.15) is 11.1 Å². The summed E-state index contributed by atoms with van der Waals surface area (Å²) in [7, 11) is 0. The van der Waals surface area contributed by atoms with Crippen LogP contribution in [0.3, 0.4) is 0 Å². The third-order valence-electron chi connectivity index (χ3n) is 11.9. The Labute approximate surface area is 392 Å². The Morgan fingerprint density at radius 2 is 0.574 bits per heavy atom. The van der Waals surface area contributed by atoms with Gasteiger partial charge >= 0.3 is 0 Å². The molecule has 0 aliphatic carbocycles. The van der Waals surface area contributed by atoms with Gasteiger partial charge in [-0.15, -0.1) is 0 Å². The second-order valence-electron chi connectivity index (χ2n) is 16.1. The largest absolute Gasteiger partial charge is 0.208 e. The van der Waals surface area contributed by atoms with Gasteiger partial charge in [-0.25, -0.2) is 29.9 Å². The van der Waals surface area contributed by atoms with Gasteiger partial charge in [-0.1, -0.05) is 200 Å². The van der Waals surface area contributed by atoms with Crippen molar-refractivity contribution in [2.24, 2.45) is 0 Å². The molecule has 68 heavy (non-hydrogen) atoms.